The Bertz CT molecular complexity index is 1410. The second-order valence-corrected chi connectivity index (χ2v) is 10.5. The third-order valence-electron chi connectivity index (χ3n) is 7.77. The molecule has 1 aliphatic carbocycles. The minimum Gasteiger partial charge on any atom is -0.354 e. The molecule has 1 saturated carbocycles. The maximum atomic E-state index is 13.0. The van der Waals surface area contributed by atoms with E-state index in [0.29, 0.717) is 12.3 Å². The van der Waals surface area contributed by atoms with Crippen molar-refractivity contribution in [3.05, 3.63) is 77.2 Å². The molecule has 0 N–H and O–H groups in total. The Labute approximate surface area is 218 Å². The van der Waals surface area contributed by atoms with Gasteiger partial charge in [-0.3, -0.25) is 4.79 Å². The Morgan fingerprint density at radius 2 is 1.68 bits per heavy atom. The second kappa shape index (κ2) is 9.96. The Morgan fingerprint density at radius 3 is 2.41 bits per heavy atom. The number of carbonyl (C=O) groups is 1. The van der Waals surface area contributed by atoms with Gasteiger partial charge >= 0.3 is 0 Å². The van der Waals surface area contributed by atoms with Gasteiger partial charge in [0.15, 0.2) is 5.65 Å². The molecule has 2 fully saturated rings. The lowest BCUT2D eigenvalue weighted by Gasteiger charge is -2.31. The van der Waals surface area contributed by atoms with E-state index in [1.807, 2.05) is 29.8 Å². The molecule has 0 unspecified atom stereocenters. The normalized spacial score (nSPS) is 16.6. The predicted molar refractivity (Wildman–Crippen MR) is 146 cm³/mol. The van der Waals surface area contributed by atoms with Crippen LogP contribution in [0, 0.1) is 19.8 Å². The van der Waals surface area contributed by atoms with Gasteiger partial charge in [0.1, 0.15) is 11.6 Å². The van der Waals surface area contributed by atoms with Crippen LogP contribution >= 0.6 is 0 Å². The lowest BCUT2D eigenvalue weighted by molar-refractivity contribution is -0.137. The third-order valence-corrected chi connectivity index (χ3v) is 7.77. The number of fused-ring (bicyclic) bond motifs is 1. The fraction of sp³-hybridized carbons (Fsp3) is 0.400. The molecule has 0 atom stereocenters. The largest absolute Gasteiger partial charge is 0.354 e. The molecule has 190 valence electrons. The first-order valence-corrected chi connectivity index (χ1v) is 13.5. The minimum atomic E-state index is 0.241. The highest BCUT2D eigenvalue weighted by Gasteiger charge is 2.31. The van der Waals surface area contributed by atoms with Gasteiger partial charge in [-0.05, 0) is 50.8 Å². The number of nitrogens with zero attached hydrogens (tertiary/aromatic N) is 6. The molecule has 1 amide bonds. The number of rotatable bonds is 5. The summed E-state index contributed by atoms with van der Waals surface area (Å²) in [5, 5.41) is 5.90. The van der Waals surface area contributed by atoms with Gasteiger partial charge in [0.05, 0.1) is 16.8 Å². The van der Waals surface area contributed by atoms with Crippen molar-refractivity contribution in [1.29, 1.82) is 0 Å². The van der Waals surface area contributed by atoms with Crippen LogP contribution in [0.1, 0.15) is 48.3 Å². The number of aryl methyl sites for hydroxylation is 2. The molecule has 6 rings (SSSR count). The van der Waals surface area contributed by atoms with Crippen LogP contribution in [0.25, 0.3) is 16.7 Å². The molecule has 0 radical (unpaired) electrons. The number of para-hydroxylation sites is 1. The van der Waals surface area contributed by atoms with Crippen molar-refractivity contribution in [2.24, 2.45) is 5.92 Å². The predicted octanol–water partition coefficient (Wildman–Crippen LogP) is 4.86. The van der Waals surface area contributed by atoms with Gasteiger partial charge in [0.25, 0.3) is 0 Å². The maximum absolute atomic E-state index is 13.0. The van der Waals surface area contributed by atoms with Crippen molar-refractivity contribution >= 4 is 22.8 Å². The fourth-order valence-corrected chi connectivity index (χ4v) is 5.41. The molecule has 3 heterocycles. The number of benzene rings is 2. The van der Waals surface area contributed by atoms with E-state index in [0.717, 1.165) is 79.5 Å². The molecule has 7 heteroatoms. The summed E-state index contributed by atoms with van der Waals surface area (Å²) in [6.45, 7) is 7.33. The quantitative estimate of drug-likeness (QED) is 0.396. The number of aromatic nitrogens is 4. The summed E-state index contributed by atoms with van der Waals surface area (Å²) < 4.78 is 1.94. The van der Waals surface area contributed by atoms with Gasteiger partial charge in [-0.2, -0.15) is 5.10 Å². The molecular formula is C30H34N6O. The van der Waals surface area contributed by atoms with Crippen LogP contribution in [0.5, 0.6) is 0 Å². The summed E-state index contributed by atoms with van der Waals surface area (Å²) in [7, 11) is 0. The highest BCUT2D eigenvalue weighted by atomic mass is 16.2. The molecule has 1 aliphatic heterocycles. The van der Waals surface area contributed by atoms with Crippen LogP contribution < -0.4 is 4.90 Å². The summed E-state index contributed by atoms with van der Waals surface area (Å²) in [5.74, 6) is 2.30. The van der Waals surface area contributed by atoms with E-state index in [4.69, 9.17) is 15.1 Å². The van der Waals surface area contributed by atoms with Crippen LogP contribution in [-0.4, -0.2) is 56.7 Å². The average Bonchev–Trinajstić information content (AvgIpc) is 3.04. The summed E-state index contributed by atoms with van der Waals surface area (Å²) in [4.78, 5) is 27.6. The van der Waals surface area contributed by atoms with E-state index in [1.165, 1.54) is 17.5 Å². The van der Waals surface area contributed by atoms with Gasteiger partial charge in [-0.25, -0.2) is 14.6 Å². The second-order valence-electron chi connectivity index (χ2n) is 10.5. The van der Waals surface area contributed by atoms with E-state index in [1.54, 1.807) is 0 Å². The molecule has 1 saturated heterocycles. The molecule has 2 aromatic heterocycles. The van der Waals surface area contributed by atoms with E-state index in [-0.39, 0.29) is 5.92 Å². The van der Waals surface area contributed by atoms with Crippen LogP contribution in [0.4, 0.5) is 5.82 Å². The van der Waals surface area contributed by atoms with Crippen molar-refractivity contribution in [1.82, 2.24) is 24.6 Å². The van der Waals surface area contributed by atoms with Crippen LogP contribution in [0.3, 0.4) is 0 Å². The van der Waals surface area contributed by atoms with Gasteiger partial charge in [0.2, 0.25) is 5.91 Å². The summed E-state index contributed by atoms with van der Waals surface area (Å²) in [6, 6.07) is 18.7. The Balaban J connectivity index is 1.39. The molecule has 4 aromatic rings. The summed E-state index contributed by atoms with van der Waals surface area (Å²) in [5.41, 5.74) is 5.17. The number of hydrogen-bond donors (Lipinski definition) is 0. The van der Waals surface area contributed by atoms with Gasteiger partial charge in [-0.1, -0.05) is 54.4 Å². The SMILES string of the molecule is Cc1ccc(Cc2nc(N3CCCN(C(=O)C4CCC4)CC3)c3c(C)nn(-c4ccccc4)c3n2)cc1. The summed E-state index contributed by atoms with van der Waals surface area (Å²) in [6.07, 6.45) is 4.87. The standard InChI is InChI=1S/C30H34N6O/c1-21-12-14-23(15-13-21)20-26-31-28(34-16-7-17-35(19-18-34)30(37)24-8-6-9-24)27-22(2)33-36(29(27)32-26)25-10-4-3-5-11-25/h3-5,10-15,24H,6-9,16-20H2,1-2H3. The van der Waals surface area contributed by atoms with E-state index in [9.17, 15) is 4.79 Å². The van der Waals surface area contributed by atoms with Gasteiger partial charge in [0, 0.05) is 38.5 Å². The number of anilines is 1. The third kappa shape index (κ3) is 4.70. The zero-order valence-corrected chi connectivity index (χ0v) is 21.7. The Kier molecular flexibility index (Phi) is 6.37. The van der Waals surface area contributed by atoms with Crippen molar-refractivity contribution in [3.63, 3.8) is 0 Å². The summed E-state index contributed by atoms with van der Waals surface area (Å²) >= 11 is 0. The van der Waals surface area contributed by atoms with Crippen molar-refractivity contribution in [3.8, 4) is 5.69 Å². The van der Waals surface area contributed by atoms with E-state index < -0.39 is 0 Å². The molecule has 0 spiro atoms. The first-order valence-electron chi connectivity index (χ1n) is 13.5. The first kappa shape index (κ1) is 23.6. The van der Waals surface area contributed by atoms with Crippen molar-refractivity contribution in [2.45, 2.75) is 46.0 Å². The smallest absolute Gasteiger partial charge is 0.225 e. The number of amides is 1. The number of carbonyl (C=O) groups excluding carboxylic acids is 1. The highest BCUT2D eigenvalue weighted by Crippen LogP contribution is 2.32. The first-order chi connectivity index (χ1) is 18.1. The minimum absolute atomic E-state index is 0.241. The highest BCUT2D eigenvalue weighted by molar-refractivity contribution is 5.91. The van der Waals surface area contributed by atoms with Crippen LogP contribution in [0.15, 0.2) is 54.6 Å². The molecule has 0 bridgehead atoms. The van der Waals surface area contributed by atoms with Crippen LogP contribution in [0.2, 0.25) is 0 Å². The molecule has 7 nitrogen and oxygen atoms in total. The lowest BCUT2D eigenvalue weighted by Crippen LogP contribution is -2.41. The molecule has 37 heavy (non-hydrogen) atoms. The zero-order chi connectivity index (χ0) is 25.4. The van der Waals surface area contributed by atoms with Crippen molar-refractivity contribution < 1.29 is 4.79 Å². The fourth-order valence-electron chi connectivity index (χ4n) is 5.41. The van der Waals surface area contributed by atoms with E-state index >= 15 is 0 Å². The Hall–Kier alpha value is -3.74. The van der Waals surface area contributed by atoms with E-state index in [2.05, 4.69) is 53.1 Å². The monoisotopic (exact) mass is 494 g/mol. The topological polar surface area (TPSA) is 67.2 Å². The Morgan fingerprint density at radius 1 is 0.892 bits per heavy atom. The van der Waals surface area contributed by atoms with Gasteiger partial charge < -0.3 is 9.80 Å². The van der Waals surface area contributed by atoms with Gasteiger partial charge in [-0.15, -0.1) is 0 Å². The van der Waals surface area contributed by atoms with Crippen LogP contribution in [-0.2, 0) is 11.2 Å². The average molecular weight is 495 g/mol. The molecular weight excluding hydrogens is 460 g/mol. The zero-order valence-electron chi connectivity index (χ0n) is 21.7. The lowest BCUT2D eigenvalue weighted by atomic mass is 9.84. The van der Waals surface area contributed by atoms with Crippen molar-refractivity contribution in [2.75, 3.05) is 31.1 Å². The molecule has 2 aliphatic rings. The molecule has 2 aromatic carbocycles. The maximum Gasteiger partial charge on any atom is 0.225 e. The number of hydrogen-bond acceptors (Lipinski definition) is 5.